The molecule has 0 bridgehead atoms. The molecule has 0 aromatic heterocycles. The maximum absolute atomic E-state index is 4.02. The van der Waals surface area contributed by atoms with Gasteiger partial charge in [-0.3, -0.25) is 0 Å². The Labute approximate surface area is 95.3 Å². The van der Waals surface area contributed by atoms with Crippen LogP contribution in [0.5, 0.6) is 0 Å². The average molecular weight is 209 g/mol. The van der Waals surface area contributed by atoms with Crippen LogP contribution in [0.4, 0.5) is 0 Å². The topological polar surface area (TPSA) is 12.0 Å². The van der Waals surface area contributed by atoms with Crippen LogP contribution in [0.3, 0.4) is 0 Å². The summed E-state index contributed by atoms with van der Waals surface area (Å²) >= 11 is 0. The first-order valence-corrected chi connectivity index (χ1v) is 6.63. The fraction of sp³-hybridized carbons (Fsp3) is 0.857. The second kappa shape index (κ2) is 7.05. The van der Waals surface area contributed by atoms with Crippen LogP contribution in [0.15, 0.2) is 12.2 Å². The van der Waals surface area contributed by atoms with Gasteiger partial charge in [-0.2, -0.15) is 0 Å². The number of hydrogen-bond acceptors (Lipinski definition) is 1. The van der Waals surface area contributed by atoms with E-state index in [4.69, 9.17) is 0 Å². The standard InChI is InChI=1S/C14H27N/c1-4-12(3)10-15-11-14-8-6-13(5-2)7-9-14/h13-15H,3-11H2,1-2H3. The van der Waals surface area contributed by atoms with E-state index in [1.807, 2.05) is 0 Å². The summed E-state index contributed by atoms with van der Waals surface area (Å²) in [6.07, 6.45) is 8.27. The summed E-state index contributed by atoms with van der Waals surface area (Å²) in [6.45, 7) is 10.7. The molecule has 0 atom stereocenters. The van der Waals surface area contributed by atoms with Crippen LogP contribution >= 0.6 is 0 Å². The lowest BCUT2D eigenvalue weighted by Crippen LogP contribution is -2.27. The monoisotopic (exact) mass is 209 g/mol. The molecule has 0 aromatic rings. The van der Waals surface area contributed by atoms with Gasteiger partial charge >= 0.3 is 0 Å². The molecule has 15 heavy (non-hydrogen) atoms. The molecule has 0 saturated heterocycles. The van der Waals surface area contributed by atoms with Crippen molar-refractivity contribution in [3.8, 4) is 0 Å². The SMILES string of the molecule is C=C(CC)CNCC1CCC(CC)CC1. The van der Waals surface area contributed by atoms with E-state index < -0.39 is 0 Å². The van der Waals surface area contributed by atoms with Crippen molar-refractivity contribution in [1.29, 1.82) is 0 Å². The quantitative estimate of drug-likeness (QED) is 0.657. The van der Waals surface area contributed by atoms with E-state index in [9.17, 15) is 0 Å². The van der Waals surface area contributed by atoms with Gasteiger partial charge in [-0.1, -0.05) is 45.3 Å². The van der Waals surface area contributed by atoms with Crippen LogP contribution in [0.1, 0.15) is 52.4 Å². The minimum atomic E-state index is 0.928. The Kier molecular flexibility index (Phi) is 6.00. The van der Waals surface area contributed by atoms with Crippen LogP contribution in [-0.4, -0.2) is 13.1 Å². The maximum Gasteiger partial charge on any atom is 0.0161 e. The van der Waals surface area contributed by atoms with Crippen molar-refractivity contribution in [1.82, 2.24) is 5.32 Å². The molecular formula is C14H27N. The highest BCUT2D eigenvalue weighted by atomic mass is 14.9. The van der Waals surface area contributed by atoms with Gasteiger partial charge in [0.2, 0.25) is 0 Å². The Morgan fingerprint density at radius 3 is 2.27 bits per heavy atom. The molecule has 1 fully saturated rings. The maximum atomic E-state index is 4.02. The predicted octanol–water partition coefficient (Wildman–Crippen LogP) is 3.76. The van der Waals surface area contributed by atoms with E-state index in [0.717, 1.165) is 24.8 Å². The lowest BCUT2D eigenvalue weighted by atomic mass is 9.81. The van der Waals surface area contributed by atoms with Crippen molar-refractivity contribution >= 4 is 0 Å². The second-order valence-corrected chi connectivity index (χ2v) is 5.03. The second-order valence-electron chi connectivity index (χ2n) is 5.03. The molecule has 0 radical (unpaired) electrons. The Bertz CT molecular complexity index is 178. The van der Waals surface area contributed by atoms with Gasteiger partial charge in [-0.25, -0.2) is 0 Å². The third-order valence-corrected chi connectivity index (χ3v) is 3.85. The van der Waals surface area contributed by atoms with Crippen LogP contribution in [0.25, 0.3) is 0 Å². The third-order valence-electron chi connectivity index (χ3n) is 3.85. The minimum absolute atomic E-state index is 0.928. The van der Waals surface area contributed by atoms with E-state index in [-0.39, 0.29) is 0 Å². The Balaban J connectivity index is 2.06. The number of rotatable bonds is 6. The summed E-state index contributed by atoms with van der Waals surface area (Å²) in [7, 11) is 0. The van der Waals surface area contributed by atoms with Gasteiger partial charge in [0.25, 0.3) is 0 Å². The molecule has 0 amide bonds. The number of nitrogens with one attached hydrogen (secondary N) is 1. The first kappa shape index (κ1) is 12.8. The molecule has 1 rings (SSSR count). The Morgan fingerprint density at radius 2 is 1.73 bits per heavy atom. The summed E-state index contributed by atoms with van der Waals surface area (Å²) < 4.78 is 0. The van der Waals surface area contributed by atoms with E-state index in [1.54, 1.807) is 0 Å². The van der Waals surface area contributed by atoms with E-state index >= 15 is 0 Å². The fourth-order valence-corrected chi connectivity index (χ4v) is 2.42. The van der Waals surface area contributed by atoms with E-state index in [0.29, 0.717) is 0 Å². The zero-order valence-corrected chi connectivity index (χ0v) is 10.5. The summed E-state index contributed by atoms with van der Waals surface area (Å²) in [5.41, 5.74) is 1.33. The van der Waals surface area contributed by atoms with Gasteiger partial charge in [0, 0.05) is 6.54 Å². The third kappa shape index (κ3) is 4.83. The largest absolute Gasteiger partial charge is 0.313 e. The normalized spacial score (nSPS) is 26.5. The van der Waals surface area contributed by atoms with Gasteiger partial charge in [0.15, 0.2) is 0 Å². The van der Waals surface area contributed by atoms with Gasteiger partial charge in [0.05, 0.1) is 0 Å². The van der Waals surface area contributed by atoms with Gasteiger partial charge in [-0.05, 0) is 37.6 Å². The van der Waals surface area contributed by atoms with E-state index in [1.165, 1.54) is 44.2 Å². The molecule has 0 spiro atoms. The highest BCUT2D eigenvalue weighted by Gasteiger charge is 2.19. The minimum Gasteiger partial charge on any atom is -0.313 e. The molecule has 0 unspecified atom stereocenters. The fourth-order valence-electron chi connectivity index (χ4n) is 2.42. The molecule has 0 aliphatic heterocycles. The van der Waals surface area contributed by atoms with Crippen molar-refractivity contribution < 1.29 is 0 Å². The predicted molar refractivity (Wildman–Crippen MR) is 68.0 cm³/mol. The summed E-state index contributed by atoms with van der Waals surface area (Å²) in [6, 6.07) is 0. The summed E-state index contributed by atoms with van der Waals surface area (Å²) in [4.78, 5) is 0. The van der Waals surface area contributed by atoms with Crippen LogP contribution in [-0.2, 0) is 0 Å². The van der Waals surface area contributed by atoms with Crippen molar-refractivity contribution in [3.63, 3.8) is 0 Å². The highest BCUT2D eigenvalue weighted by molar-refractivity contribution is 4.95. The molecule has 1 heteroatoms. The first-order chi connectivity index (χ1) is 7.26. The van der Waals surface area contributed by atoms with Crippen molar-refractivity contribution in [3.05, 3.63) is 12.2 Å². The first-order valence-electron chi connectivity index (χ1n) is 6.63. The highest BCUT2D eigenvalue weighted by Crippen LogP contribution is 2.29. The zero-order chi connectivity index (χ0) is 11.1. The Morgan fingerprint density at radius 1 is 1.13 bits per heavy atom. The summed E-state index contributed by atoms with van der Waals surface area (Å²) in [5, 5.41) is 3.54. The molecule has 1 nitrogen and oxygen atoms in total. The van der Waals surface area contributed by atoms with Crippen LogP contribution < -0.4 is 5.32 Å². The Hall–Kier alpha value is -0.300. The molecule has 88 valence electrons. The van der Waals surface area contributed by atoms with Crippen molar-refractivity contribution in [2.24, 2.45) is 11.8 Å². The molecule has 1 saturated carbocycles. The zero-order valence-electron chi connectivity index (χ0n) is 10.5. The molecule has 1 aliphatic carbocycles. The van der Waals surface area contributed by atoms with Gasteiger partial charge in [-0.15, -0.1) is 0 Å². The lowest BCUT2D eigenvalue weighted by Gasteiger charge is -2.28. The molecule has 0 heterocycles. The molecule has 1 aliphatic rings. The lowest BCUT2D eigenvalue weighted by molar-refractivity contribution is 0.264. The van der Waals surface area contributed by atoms with Crippen LogP contribution in [0.2, 0.25) is 0 Å². The van der Waals surface area contributed by atoms with Gasteiger partial charge < -0.3 is 5.32 Å². The van der Waals surface area contributed by atoms with E-state index in [2.05, 4.69) is 25.7 Å². The molecular weight excluding hydrogens is 182 g/mol. The smallest absolute Gasteiger partial charge is 0.0161 e. The van der Waals surface area contributed by atoms with Gasteiger partial charge in [0.1, 0.15) is 0 Å². The average Bonchev–Trinajstić information content (AvgIpc) is 2.29. The summed E-state index contributed by atoms with van der Waals surface area (Å²) in [5.74, 6) is 1.95. The molecule has 0 aromatic carbocycles. The van der Waals surface area contributed by atoms with Crippen molar-refractivity contribution in [2.75, 3.05) is 13.1 Å². The van der Waals surface area contributed by atoms with Crippen LogP contribution in [0, 0.1) is 11.8 Å². The molecule has 1 N–H and O–H groups in total. The van der Waals surface area contributed by atoms with Crippen molar-refractivity contribution in [2.45, 2.75) is 52.4 Å². The number of hydrogen-bond donors (Lipinski definition) is 1.